The van der Waals surface area contributed by atoms with E-state index in [1.807, 2.05) is 0 Å². The molecule has 7 nitrogen and oxygen atoms in total. The molecule has 0 heterocycles. The summed E-state index contributed by atoms with van der Waals surface area (Å²) in [5, 5.41) is 5.65. The Morgan fingerprint density at radius 3 is 2.52 bits per heavy atom. The van der Waals surface area contributed by atoms with Gasteiger partial charge in [-0.3, -0.25) is 9.59 Å². The predicted octanol–water partition coefficient (Wildman–Crippen LogP) is 6.84. The van der Waals surface area contributed by atoms with Crippen molar-refractivity contribution in [1.29, 1.82) is 0 Å². The summed E-state index contributed by atoms with van der Waals surface area (Å²) in [5.74, 6) is 4.97. The highest BCUT2D eigenvalue weighted by molar-refractivity contribution is 5.67. The number of amides is 1. The third-order valence-corrected chi connectivity index (χ3v) is 12.3. The van der Waals surface area contributed by atoms with E-state index in [1.54, 1.807) is 0 Å². The van der Waals surface area contributed by atoms with Gasteiger partial charge in [0.1, 0.15) is 11.8 Å². The minimum Gasteiger partial charge on any atom is -0.491 e. The smallest absolute Gasteiger partial charge is 0.407 e. The average Bonchev–Trinajstić information content (AvgIpc) is 3.31. The molecular formula is C35H54N2O5. The SMILES string of the molecule is COc1c(NCCNC(=O)O[C@H]2CC[C@@]3(C)C(=CC[C@H]4[C@@H]5CC[C@H]([C@H](C)CCCC(C)C)[C@@]5(C)CC[C@@H]43)C2)c(=O)c1=O. The number of carbonyl (C=O) groups is 1. The normalized spacial score (nSPS) is 34.6. The molecule has 0 spiro atoms. The van der Waals surface area contributed by atoms with Crippen LogP contribution in [-0.2, 0) is 4.74 Å². The number of hydrogen-bond acceptors (Lipinski definition) is 6. The molecule has 0 radical (unpaired) electrons. The monoisotopic (exact) mass is 582 g/mol. The maximum atomic E-state index is 12.6. The van der Waals surface area contributed by atoms with E-state index in [0.717, 1.165) is 54.8 Å². The topological polar surface area (TPSA) is 93.7 Å². The van der Waals surface area contributed by atoms with Gasteiger partial charge in [0.05, 0.1) is 7.11 Å². The van der Waals surface area contributed by atoms with Gasteiger partial charge in [0.15, 0.2) is 5.75 Å². The fourth-order valence-electron chi connectivity index (χ4n) is 10.0. The van der Waals surface area contributed by atoms with E-state index in [-0.39, 0.29) is 29.5 Å². The van der Waals surface area contributed by atoms with Gasteiger partial charge >= 0.3 is 6.09 Å². The van der Waals surface area contributed by atoms with Crippen LogP contribution in [0, 0.1) is 46.3 Å². The summed E-state index contributed by atoms with van der Waals surface area (Å²) in [5.41, 5.74) is 1.23. The van der Waals surface area contributed by atoms with Crippen molar-refractivity contribution >= 4 is 11.8 Å². The van der Waals surface area contributed by atoms with Crippen LogP contribution in [0.5, 0.6) is 5.75 Å². The third kappa shape index (κ3) is 5.66. The van der Waals surface area contributed by atoms with Crippen LogP contribution in [0.2, 0.25) is 0 Å². The van der Waals surface area contributed by atoms with Crippen LogP contribution in [0.4, 0.5) is 10.5 Å². The van der Waals surface area contributed by atoms with Gasteiger partial charge in [-0.1, -0.05) is 65.5 Å². The zero-order valence-corrected chi connectivity index (χ0v) is 26.9. The van der Waals surface area contributed by atoms with E-state index >= 15 is 0 Å². The zero-order valence-electron chi connectivity index (χ0n) is 26.9. The van der Waals surface area contributed by atoms with Gasteiger partial charge in [0.2, 0.25) is 0 Å². The standard InChI is InChI=1S/C35H54N2O5/c1-21(2)8-7-9-22(3)26-12-13-27-25-11-10-23-20-24(14-16-34(23,4)28(25)15-17-35(26,27)5)42-33(40)37-19-18-36-29-30(38)31(39)32(29)41-6/h10,21-22,24-28,36H,7-9,11-20H2,1-6H3,(H,37,40)/t22-,24+,25+,26-,27+,28+,34+,35-/m1/s1. The minimum absolute atomic E-state index is 0.0535. The number of rotatable bonds is 11. The van der Waals surface area contributed by atoms with Gasteiger partial charge in [-0.25, -0.2) is 4.79 Å². The summed E-state index contributed by atoms with van der Waals surface area (Å²) in [6.07, 6.45) is 15.7. The molecule has 0 saturated heterocycles. The van der Waals surface area contributed by atoms with Crippen LogP contribution in [0.15, 0.2) is 21.2 Å². The van der Waals surface area contributed by atoms with Gasteiger partial charge in [-0.2, -0.15) is 0 Å². The second-order valence-corrected chi connectivity index (χ2v) is 15.0. The van der Waals surface area contributed by atoms with E-state index in [0.29, 0.717) is 12.0 Å². The van der Waals surface area contributed by atoms with Crippen LogP contribution >= 0.6 is 0 Å². The number of anilines is 1. The summed E-state index contributed by atoms with van der Waals surface area (Å²) < 4.78 is 10.8. The number of allylic oxidation sites excluding steroid dienone is 1. The Morgan fingerprint density at radius 1 is 1.00 bits per heavy atom. The van der Waals surface area contributed by atoms with Crippen molar-refractivity contribution in [2.75, 3.05) is 25.5 Å². The lowest BCUT2D eigenvalue weighted by atomic mass is 9.47. The number of ether oxygens (including phenoxy) is 2. The molecule has 2 N–H and O–H groups in total. The molecule has 3 fully saturated rings. The van der Waals surface area contributed by atoms with E-state index in [1.165, 1.54) is 64.0 Å². The molecule has 8 atom stereocenters. The maximum Gasteiger partial charge on any atom is 0.407 e. The first kappa shape index (κ1) is 31.1. The van der Waals surface area contributed by atoms with Crippen molar-refractivity contribution in [3.8, 4) is 5.75 Å². The first-order valence-electron chi connectivity index (χ1n) is 16.7. The highest BCUT2D eigenvalue weighted by Crippen LogP contribution is 2.67. The van der Waals surface area contributed by atoms with Crippen molar-refractivity contribution in [1.82, 2.24) is 5.32 Å². The molecule has 0 aromatic heterocycles. The fraction of sp³-hybridized carbons (Fsp3) is 0.800. The molecule has 0 aliphatic heterocycles. The molecule has 5 rings (SSSR count). The number of alkyl carbamates (subject to hydrolysis) is 1. The quantitative estimate of drug-likeness (QED) is 0.169. The Hall–Kier alpha value is -2.31. The lowest BCUT2D eigenvalue weighted by Crippen LogP contribution is -2.51. The van der Waals surface area contributed by atoms with Crippen molar-refractivity contribution < 1.29 is 14.3 Å². The molecule has 1 aromatic carbocycles. The molecule has 1 amide bonds. The summed E-state index contributed by atoms with van der Waals surface area (Å²) >= 11 is 0. The van der Waals surface area contributed by atoms with Crippen molar-refractivity contribution in [3.63, 3.8) is 0 Å². The van der Waals surface area contributed by atoms with Crippen molar-refractivity contribution in [2.45, 2.75) is 111 Å². The minimum atomic E-state index is -0.614. The zero-order chi connectivity index (χ0) is 30.2. The number of nitrogens with one attached hydrogen (secondary N) is 2. The van der Waals surface area contributed by atoms with Crippen LogP contribution in [-0.4, -0.2) is 32.4 Å². The van der Waals surface area contributed by atoms with E-state index in [9.17, 15) is 14.4 Å². The Morgan fingerprint density at radius 2 is 1.79 bits per heavy atom. The van der Waals surface area contributed by atoms with Crippen LogP contribution in [0.1, 0.15) is 105 Å². The number of carbonyl (C=O) groups excluding carboxylic acids is 1. The van der Waals surface area contributed by atoms with Crippen LogP contribution in [0.3, 0.4) is 0 Å². The van der Waals surface area contributed by atoms with E-state index in [4.69, 9.17) is 9.47 Å². The first-order chi connectivity index (χ1) is 20.0. The summed E-state index contributed by atoms with van der Waals surface area (Å²) in [6, 6.07) is 0. The van der Waals surface area contributed by atoms with E-state index in [2.05, 4.69) is 51.3 Å². The average molecular weight is 583 g/mol. The molecule has 1 aromatic rings. The molecule has 3 saturated carbocycles. The lowest BCUT2D eigenvalue weighted by Gasteiger charge is -2.58. The molecule has 7 heteroatoms. The number of hydrogen-bond donors (Lipinski definition) is 2. The second kappa shape index (κ2) is 12.4. The molecule has 0 unspecified atom stereocenters. The molecule has 42 heavy (non-hydrogen) atoms. The van der Waals surface area contributed by atoms with Gasteiger partial charge < -0.3 is 20.1 Å². The van der Waals surface area contributed by atoms with Crippen molar-refractivity contribution in [3.05, 3.63) is 32.1 Å². The Kier molecular flexibility index (Phi) is 9.16. The second-order valence-electron chi connectivity index (χ2n) is 15.0. The summed E-state index contributed by atoms with van der Waals surface area (Å²) in [7, 11) is 1.36. The van der Waals surface area contributed by atoms with Gasteiger partial charge in [0, 0.05) is 19.5 Å². The third-order valence-electron chi connectivity index (χ3n) is 12.3. The lowest BCUT2D eigenvalue weighted by molar-refractivity contribution is -0.0581. The van der Waals surface area contributed by atoms with Gasteiger partial charge in [-0.05, 0) is 91.3 Å². The highest BCUT2D eigenvalue weighted by atomic mass is 16.6. The Labute approximate surface area is 252 Å². The summed E-state index contributed by atoms with van der Waals surface area (Å²) in [4.78, 5) is 35.6. The van der Waals surface area contributed by atoms with E-state index < -0.39 is 17.0 Å². The Bertz CT molecular complexity index is 1230. The molecule has 0 bridgehead atoms. The van der Waals surface area contributed by atoms with Crippen LogP contribution in [0.25, 0.3) is 0 Å². The van der Waals surface area contributed by atoms with Gasteiger partial charge in [-0.15, -0.1) is 0 Å². The highest BCUT2D eigenvalue weighted by Gasteiger charge is 2.59. The largest absolute Gasteiger partial charge is 0.491 e. The van der Waals surface area contributed by atoms with Gasteiger partial charge in [0.25, 0.3) is 10.9 Å². The number of fused-ring (bicyclic) bond motifs is 5. The maximum absolute atomic E-state index is 12.6. The summed E-state index contributed by atoms with van der Waals surface area (Å²) in [6.45, 7) is 13.0. The predicted molar refractivity (Wildman–Crippen MR) is 168 cm³/mol. The van der Waals surface area contributed by atoms with Crippen LogP contribution < -0.4 is 26.2 Å². The molecule has 4 aliphatic carbocycles. The first-order valence-corrected chi connectivity index (χ1v) is 16.7. The van der Waals surface area contributed by atoms with Crippen molar-refractivity contribution in [2.24, 2.45) is 46.3 Å². The number of methoxy groups -OCH3 is 1. The molecular weight excluding hydrogens is 528 g/mol. The fourth-order valence-corrected chi connectivity index (χ4v) is 10.0. The Balaban J connectivity index is 1.13. The molecule has 234 valence electrons. The molecule has 4 aliphatic rings.